The fourth-order valence-electron chi connectivity index (χ4n) is 1.69. The summed E-state index contributed by atoms with van der Waals surface area (Å²) >= 11 is 0.525. The van der Waals surface area contributed by atoms with Crippen LogP contribution in [-0.4, -0.2) is 15.4 Å². The zero-order valence-corrected chi connectivity index (χ0v) is 9.50. The first-order valence-corrected chi connectivity index (χ1v) is 7.28. The van der Waals surface area contributed by atoms with Crippen molar-refractivity contribution in [2.75, 3.05) is 0 Å². The molecule has 2 radical (unpaired) electrons. The molecule has 1 aliphatic rings. The Labute approximate surface area is 71.3 Å². The summed E-state index contributed by atoms with van der Waals surface area (Å²) in [6.07, 6.45) is 3.06. The third kappa shape index (κ3) is 2.30. The van der Waals surface area contributed by atoms with E-state index in [0.717, 1.165) is 5.92 Å². The molecule has 0 saturated carbocycles. The van der Waals surface area contributed by atoms with Crippen LogP contribution in [0, 0.1) is 11.3 Å². The summed E-state index contributed by atoms with van der Waals surface area (Å²) in [6.45, 7) is 7.18. The van der Waals surface area contributed by atoms with Gasteiger partial charge < -0.3 is 0 Å². The van der Waals surface area contributed by atoms with E-state index in [4.69, 9.17) is 0 Å². The molecule has 1 heterocycles. The van der Waals surface area contributed by atoms with Gasteiger partial charge in [-0.15, -0.1) is 0 Å². The normalized spacial score (nSPS) is 23.1. The van der Waals surface area contributed by atoms with Crippen molar-refractivity contribution in [1.29, 1.82) is 0 Å². The monoisotopic (exact) mass is 200 g/mol. The predicted octanol–water partition coefficient (Wildman–Crippen LogP) is 2.98. The van der Waals surface area contributed by atoms with Crippen molar-refractivity contribution in [3.05, 3.63) is 0 Å². The van der Waals surface area contributed by atoms with Gasteiger partial charge in [0.15, 0.2) is 0 Å². The molecule has 58 valence electrons. The van der Waals surface area contributed by atoms with Gasteiger partial charge in [0.05, 0.1) is 0 Å². The fraction of sp³-hybridized carbons (Fsp3) is 1.00. The molecule has 1 rings (SSSR count). The molecule has 0 amide bonds. The van der Waals surface area contributed by atoms with Crippen LogP contribution in [0.5, 0.6) is 0 Å². The van der Waals surface area contributed by atoms with Crippen LogP contribution in [0.1, 0.15) is 33.6 Å². The molecule has 0 unspecified atom stereocenters. The summed E-state index contributed by atoms with van der Waals surface area (Å²) < 4.78 is 0. The first-order valence-electron chi connectivity index (χ1n) is 4.31. The van der Waals surface area contributed by atoms with Gasteiger partial charge >= 0.3 is 70.9 Å². The van der Waals surface area contributed by atoms with Crippen LogP contribution in [0.2, 0.25) is 10.5 Å². The second kappa shape index (κ2) is 3.29. The van der Waals surface area contributed by atoms with Crippen LogP contribution in [0.15, 0.2) is 0 Å². The van der Waals surface area contributed by atoms with Gasteiger partial charge in [0, 0.05) is 0 Å². The van der Waals surface area contributed by atoms with Crippen molar-refractivity contribution in [2.45, 2.75) is 44.1 Å². The third-order valence-electron chi connectivity index (χ3n) is 2.56. The van der Waals surface area contributed by atoms with Gasteiger partial charge in [0.25, 0.3) is 0 Å². The van der Waals surface area contributed by atoms with E-state index in [-0.39, 0.29) is 0 Å². The van der Waals surface area contributed by atoms with E-state index in [9.17, 15) is 0 Å². The Bertz CT molecular complexity index is 95.8. The molecule has 0 aliphatic carbocycles. The molecule has 10 heavy (non-hydrogen) atoms. The van der Waals surface area contributed by atoms with Crippen LogP contribution >= 0.6 is 0 Å². The van der Waals surface area contributed by atoms with Crippen molar-refractivity contribution in [3.8, 4) is 0 Å². The summed E-state index contributed by atoms with van der Waals surface area (Å²) in [7, 11) is 0. The van der Waals surface area contributed by atoms with Crippen molar-refractivity contribution < 1.29 is 0 Å². The van der Waals surface area contributed by atoms with E-state index in [1.165, 1.54) is 12.8 Å². The first kappa shape index (κ1) is 8.64. The van der Waals surface area contributed by atoms with Gasteiger partial charge in [-0.3, -0.25) is 0 Å². The Morgan fingerprint density at radius 2 is 1.60 bits per heavy atom. The molecule has 0 atom stereocenters. The minimum absolute atomic E-state index is 0.525. The summed E-state index contributed by atoms with van der Waals surface area (Å²) in [5.74, 6) is 1.03. The molecular formula is C9H18Ge. The van der Waals surface area contributed by atoms with Crippen LogP contribution in [0.4, 0.5) is 0 Å². The van der Waals surface area contributed by atoms with Gasteiger partial charge in [-0.2, -0.15) is 0 Å². The van der Waals surface area contributed by atoms with E-state index >= 15 is 0 Å². The molecule has 0 bridgehead atoms. The molecule has 1 heteroatoms. The summed E-state index contributed by atoms with van der Waals surface area (Å²) in [6, 6.07) is 0. The Morgan fingerprint density at radius 3 is 1.90 bits per heavy atom. The van der Waals surface area contributed by atoms with Crippen molar-refractivity contribution in [1.82, 2.24) is 0 Å². The molecule has 0 N–H and O–H groups in total. The van der Waals surface area contributed by atoms with E-state index in [1.54, 1.807) is 10.5 Å². The quantitative estimate of drug-likeness (QED) is 0.526. The molecule has 0 nitrogen and oxygen atoms in total. The summed E-state index contributed by atoms with van der Waals surface area (Å²) in [4.78, 5) is 0. The molecule has 1 aliphatic heterocycles. The van der Waals surface area contributed by atoms with E-state index < -0.39 is 0 Å². The number of hydrogen-bond donors (Lipinski definition) is 0. The van der Waals surface area contributed by atoms with Gasteiger partial charge in [-0.05, 0) is 0 Å². The molecule has 1 fully saturated rings. The molecule has 0 aromatic heterocycles. The Kier molecular flexibility index (Phi) is 2.84. The Morgan fingerprint density at radius 1 is 1.10 bits per heavy atom. The Balaban J connectivity index is 2.39. The SMILES string of the molecule is CC(C)(C)C1C[CH2][Ge][CH2]C1. The maximum atomic E-state index is 2.39. The van der Waals surface area contributed by atoms with Crippen molar-refractivity contribution >= 4 is 15.4 Å². The molecule has 0 aromatic carbocycles. The van der Waals surface area contributed by atoms with Crippen LogP contribution in [-0.2, 0) is 0 Å². The molecule has 0 spiro atoms. The van der Waals surface area contributed by atoms with E-state index in [1.807, 2.05) is 0 Å². The van der Waals surface area contributed by atoms with E-state index in [2.05, 4.69) is 20.8 Å². The average molecular weight is 199 g/mol. The summed E-state index contributed by atoms with van der Waals surface area (Å²) in [5.41, 5.74) is 0.590. The van der Waals surface area contributed by atoms with Crippen molar-refractivity contribution in [3.63, 3.8) is 0 Å². The van der Waals surface area contributed by atoms with Crippen LogP contribution in [0.3, 0.4) is 0 Å². The molecule has 0 aromatic rings. The zero-order chi connectivity index (χ0) is 7.61. The first-order chi connectivity index (χ1) is 4.61. The van der Waals surface area contributed by atoms with Gasteiger partial charge in [-0.25, -0.2) is 0 Å². The minimum atomic E-state index is 0.525. The van der Waals surface area contributed by atoms with Crippen LogP contribution in [0.25, 0.3) is 0 Å². The molecule has 1 saturated heterocycles. The fourth-order valence-corrected chi connectivity index (χ4v) is 4.53. The predicted molar refractivity (Wildman–Crippen MR) is 47.5 cm³/mol. The maximum absolute atomic E-state index is 2.39. The third-order valence-corrected chi connectivity index (χ3v) is 5.26. The molecular weight excluding hydrogens is 181 g/mol. The second-order valence-corrected chi connectivity index (χ2v) is 7.54. The Hall–Kier alpha value is 0.543. The van der Waals surface area contributed by atoms with Gasteiger partial charge in [0.1, 0.15) is 0 Å². The summed E-state index contributed by atoms with van der Waals surface area (Å²) in [5, 5.41) is 3.20. The number of rotatable bonds is 0. The topological polar surface area (TPSA) is 0 Å². The van der Waals surface area contributed by atoms with Gasteiger partial charge in [-0.1, -0.05) is 0 Å². The van der Waals surface area contributed by atoms with Gasteiger partial charge in [0.2, 0.25) is 0 Å². The average Bonchev–Trinajstić information content (AvgIpc) is 1.88. The second-order valence-electron chi connectivity index (χ2n) is 4.39. The zero-order valence-electron chi connectivity index (χ0n) is 7.41. The van der Waals surface area contributed by atoms with Crippen LogP contribution < -0.4 is 0 Å². The van der Waals surface area contributed by atoms with Crippen molar-refractivity contribution in [2.24, 2.45) is 11.3 Å². The van der Waals surface area contributed by atoms with E-state index in [0.29, 0.717) is 20.8 Å². The standard InChI is InChI=1S/C9H18Ge/c1-9(2,3)8-4-6-10-7-5-8/h8H,4-7H2,1-3H3. The number of hydrogen-bond acceptors (Lipinski definition) is 0.